The Morgan fingerprint density at radius 1 is 1.04 bits per heavy atom. The van der Waals surface area contributed by atoms with Crippen molar-refractivity contribution >= 4 is 38.3 Å². The lowest BCUT2D eigenvalue weighted by Gasteiger charge is -2.36. The summed E-state index contributed by atoms with van der Waals surface area (Å²) in [7, 11) is 0. The maximum atomic E-state index is 12.9. The van der Waals surface area contributed by atoms with Crippen LogP contribution in [-0.2, 0) is 19.5 Å². The lowest BCUT2D eigenvalue weighted by atomic mass is 10.0. The first-order chi connectivity index (χ1) is 21.7. The SMILES string of the molecule is C=CC(=C)N1CCN(CCn2c(C#N)cc3cc(CN4CCC(Nc5ncnc6sc(CC(F)(F)F)cc56)CC4)ccc32)CC1. The molecule has 6 rings (SSSR count). The molecule has 4 aromatic rings. The van der Waals surface area contributed by atoms with Gasteiger partial charge in [0.25, 0.3) is 0 Å². The zero-order valence-electron chi connectivity index (χ0n) is 25.2. The molecule has 45 heavy (non-hydrogen) atoms. The molecule has 0 amide bonds. The topological polar surface area (TPSA) is 76.2 Å². The first-order valence-electron chi connectivity index (χ1n) is 15.3. The Bertz CT molecular complexity index is 1720. The molecule has 2 aliphatic rings. The molecular weight excluding hydrogens is 597 g/mol. The van der Waals surface area contributed by atoms with Gasteiger partial charge in [0.1, 0.15) is 28.7 Å². The van der Waals surface area contributed by atoms with Crippen molar-refractivity contribution in [2.24, 2.45) is 0 Å². The summed E-state index contributed by atoms with van der Waals surface area (Å²) < 4.78 is 40.9. The molecule has 12 heteroatoms. The zero-order valence-corrected chi connectivity index (χ0v) is 26.0. The van der Waals surface area contributed by atoms with E-state index in [-0.39, 0.29) is 10.9 Å². The number of halogens is 3. The van der Waals surface area contributed by atoms with Crippen LogP contribution in [-0.4, -0.2) is 87.3 Å². The second kappa shape index (κ2) is 13.2. The van der Waals surface area contributed by atoms with E-state index in [1.54, 1.807) is 6.07 Å². The van der Waals surface area contributed by atoms with Crippen LogP contribution in [0.3, 0.4) is 0 Å². The molecule has 2 fully saturated rings. The number of nitrogens with one attached hydrogen (secondary N) is 1. The maximum Gasteiger partial charge on any atom is 0.393 e. The minimum Gasteiger partial charge on any atom is -0.369 e. The van der Waals surface area contributed by atoms with Crippen molar-refractivity contribution in [3.8, 4) is 6.07 Å². The fourth-order valence-electron chi connectivity index (χ4n) is 6.37. The van der Waals surface area contributed by atoms with Crippen molar-refractivity contribution in [1.82, 2.24) is 29.2 Å². The zero-order chi connectivity index (χ0) is 31.6. The summed E-state index contributed by atoms with van der Waals surface area (Å²) in [5.74, 6) is 0.604. The van der Waals surface area contributed by atoms with Crippen LogP contribution in [0.1, 0.15) is 29.0 Å². The summed E-state index contributed by atoms with van der Waals surface area (Å²) in [6.45, 7) is 15.9. The molecule has 0 radical (unpaired) electrons. The standard InChI is InChI=1S/C33H37F3N8S/c1-3-23(2)43-13-10-41(11-14-43)12-15-44-27(20-37)17-25-16-24(4-5-30(25)44)21-42-8-6-26(7-9-42)40-31-29-18-28(19-33(34,35)36)45-32(29)39-22-38-31/h3-5,16-18,22,26H,1-2,6-15,19,21H2,(H,38,39,40). The van der Waals surface area contributed by atoms with Gasteiger partial charge in [-0.05, 0) is 48.7 Å². The molecule has 8 nitrogen and oxygen atoms in total. The van der Waals surface area contributed by atoms with Crippen LogP contribution >= 0.6 is 11.3 Å². The van der Waals surface area contributed by atoms with E-state index in [0.717, 1.165) is 99.7 Å². The summed E-state index contributed by atoms with van der Waals surface area (Å²) in [5, 5.41) is 15.1. The van der Waals surface area contributed by atoms with E-state index in [4.69, 9.17) is 0 Å². The van der Waals surface area contributed by atoms with Gasteiger partial charge in [0, 0.05) is 86.4 Å². The van der Waals surface area contributed by atoms with Gasteiger partial charge in [-0.1, -0.05) is 19.2 Å². The second-order valence-corrected chi connectivity index (χ2v) is 13.0. The molecule has 0 unspecified atom stereocenters. The largest absolute Gasteiger partial charge is 0.393 e. The van der Waals surface area contributed by atoms with Crippen molar-refractivity contribution < 1.29 is 13.2 Å². The van der Waals surface area contributed by atoms with Crippen LogP contribution < -0.4 is 5.32 Å². The van der Waals surface area contributed by atoms with E-state index in [1.807, 2.05) is 12.1 Å². The van der Waals surface area contributed by atoms with Gasteiger partial charge < -0.3 is 14.8 Å². The number of nitrogens with zero attached hydrogens (tertiary/aromatic N) is 7. The van der Waals surface area contributed by atoms with Gasteiger partial charge in [-0.15, -0.1) is 11.3 Å². The highest BCUT2D eigenvalue weighted by Gasteiger charge is 2.29. The third-order valence-electron chi connectivity index (χ3n) is 8.82. The second-order valence-electron chi connectivity index (χ2n) is 11.9. The van der Waals surface area contributed by atoms with Crippen molar-refractivity contribution in [2.45, 2.75) is 44.6 Å². The molecule has 2 aliphatic heterocycles. The number of piperazine rings is 1. The fraction of sp³-hybridized carbons (Fsp3) is 0.424. The summed E-state index contributed by atoms with van der Waals surface area (Å²) in [6.07, 6.45) is -0.179. The molecule has 2 saturated heterocycles. The summed E-state index contributed by atoms with van der Waals surface area (Å²) in [6, 6.07) is 12.6. The van der Waals surface area contributed by atoms with Crippen LogP contribution in [0.15, 0.2) is 61.6 Å². The number of fused-ring (bicyclic) bond motifs is 2. The number of alkyl halides is 3. The molecule has 5 heterocycles. The number of benzene rings is 1. The number of thiophene rings is 1. The first kappa shape index (κ1) is 31.1. The Morgan fingerprint density at radius 2 is 1.82 bits per heavy atom. The van der Waals surface area contributed by atoms with Gasteiger partial charge in [-0.25, -0.2) is 9.97 Å². The van der Waals surface area contributed by atoms with E-state index in [0.29, 0.717) is 21.7 Å². The van der Waals surface area contributed by atoms with E-state index in [2.05, 4.69) is 72.0 Å². The third-order valence-corrected chi connectivity index (χ3v) is 9.87. The first-order valence-corrected chi connectivity index (χ1v) is 16.1. The lowest BCUT2D eigenvalue weighted by Crippen LogP contribution is -2.46. The number of allylic oxidation sites excluding steroid dienone is 1. The van der Waals surface area contributed by atoms with Crippen LogP contribution in [0.5, 0.6) is 0 Å². The van der Waals surface area contributed by atoms with Crippen LogP contribution in [0.4, 0.5) is 19.0 Å². The highest BCUT2D eigenvalue weighted by Crippen LogP contribution is 2.33. The van der Waals surface area contributed by atoms with Crippen molar-refractivity contribution in [2.75, 3.05) is 51.1 Å². The smallest absolute Gasteiger partial charge is 0.369 e. The van der Waals surface area contributed by atoms with E-state index in [1.165, 1.54) is 11.9 Å². The van der Waals surface area contributed by atoms with Crippen molar-refractivity contribution in [3.63, 3.8) is 0 Å². The summed E-state index contributed by atoms with van der Waals surface area (Å²) in [5.41, 5.74) is 3.95. The van der Waals surface area contributed by atoms with Crippen LogP contribution in [0.25, 0.3) is 21.1 Å². The highest BCUT2D eigenvalue weighted by molar-refractivity contribution is 7.18. The highest BCUT2D eigenvalue weighted by atomic mass is 32.1. The molecule has 0 bridgehead atoms. The Morgan fingerprint density at radius 3 is 2.53 bits per heavy atom. The normalized spacial score (nSPS) is 17.2. The van der Waals surface area contributed by atoms with Gasteiger partial charge >= 0.3 is 6.18 Å². The number of hydrogen-bond donors (Lipinski definition) is 1. The minimum absolute atomic E-state index is 0.184. The monoisotopic (exact) mass is 634 g/mol. The fourth-order valence-corrected chi connectivity index (χ4v) is 7.40. The van der Waals surface area contributed by atoms with Crippen molar-refractivity contribution in [1.29, 1.82) is 5.26 Å². The molecule has 0 spiro atoms. The molecule has 0 aliphatic carbocycles. The predicted molar refractivity (Wildman–Crippen MR) is 173 cm³/mol. The molecule has 0 atom stereocenters. The quantitative estimate of drug-likeness (QED) is 0.214. The molecule has 3 aromatic heterocycles. The van der Waals surface area contributed by atoms with E-state index < -0.39 is 12.6 Å². The lowest BCUT2D eigenvalue weighted by molar-refractivity contribution is -0.126. The van der Waals surface area contributed by atoms with E-state index in [9.17, 15) is 18.4 Å². The van der Waals surface area contributed by atoms with Crippen molar-refractivity contribution in [3.05, 3.63) is 77.7 Å². The third kappa shape index (κ3) is 7.32. The number of piperidine rings is 1. The van der Waals surface area contributed by atoms with Gasteiger partial charge in [0.05, 0.1) is 11.8 Å². The number of aromatic nitrogens is 3. The predicted octanol–water partition coefficient (Wildman–Crippen LogP) is 6.02. The van der Waals surface area contributed by atoms with Gasteiger partial charge in [-0.3, -0.25) is 9.80 Å². The molecular formula is C33H37F3N8S. The molecule has 1 N–H and O–H groups in total. The van der Waals surface area contributed by atoms with Gasteiger partial charge in [0.15, 0.2) is 0 Å². The Hall–Kier alpha value is -3.92. The van der Waals surface area contributed by atoms with Crippen LogP contribution in [0, 0.1) is 11.3 Å². The van der Waals surface area contributed by atoms with Gasteiger partial charge in [-0.2, -0.15) is 18.4 Å². The van der Waals surface area contributed by atoms with Gasteiger partial charge in [0.2, 0.25) is 0 Å². The summed E-state index contributed by atoms with van der Waals surface area (Å²) in [4.78, 5) is 16.5. The molecule has 0 saturated carbocycles. The minimum atomic E-state index is -4.25. The number of nitriles is 1. The number of anilines is 1. The van der Waals surface area contributed by atoms with E-state index >= 15 is 0 Å². The maximum absolute atomic E-state index is 12.9. The number of rotatable bonds is 10. The molecule has 236 valence electrons. The average molecular weight is 635 g/mol. The molecule has 1 aromatic carbocycles. The average Bonchev–Trinajstić information content (AvgIpc) is 3.60. The Balaban J connectivity index is 1.03. The Kier molecular flexibility index (Phi) is 9.12. The summed E-state index contributed by atoms with van der Waals surface area (Å²) >= 11 is 1.07. The Labute approximate surface area is 265 Å². The number of hydrogen-bond acceptors (Lipinski definition) is 8. The number of likely N-dealkylation sites (tertiary alicyclic amines) is 1. The van der Waals surface area contributed by atoms with Crippen LogP contribution in [0.2, 0.25) is 0 Å².